The van der Waals surface area contributed by atoms with Crippen LogP contribution >= 0.6 is 23.2 Å². The fourth-order valence-electron chi connectivity index (χ4n) is 2.01. The zero-order valence-corrected chi connectivity index (χ0v) is 21.1. The largest absolute Gasteiger partial charge is 0.413 e. The van der Waals surface area contributed by atoms with Gasteiger partial charge in [0, 0.05) is 41.4 Å². The first-order valence-corrected chi connectivity index (χ1v) is 13.1. The number of aliphatic hydroxyl groups is 1. The van der Waals surface area contributed by atoms with Crippen molar-refractivity contribution in [2.24, 2.45) is 0 Å². The molecule has 8 nitrogen and oxygen atoms in total. The summed E-state index contributed by atoms with van der Waals surface area (Å²) in [6, 6.07) is 5.89. The highest BCUT2D eigenvalue weighted by molar-refractivity contribution is 6.74. The van der Waals surface area contributed by atoms with Gasteiger partial charge in [0.25, 0.3) is 11.4 Å². The topological polar surface area (TPSA) is 116 Å². The third-order valence-electron chi connectivity index (χ3n) is 4.83. The molecule has 1 N–H and O–H groups in total. The van der Waals surface area contributed by atoms with E-state index in [2.05, 4.69) is 0 Å². The second-order valence-corrected chi connectivity index (χ2v) is 13.4. The Balaban J connectivity index is 0.000000435. The maximum absolute atomic E-state index is 11.1. The Bertz CT molecular complexity index is 1260. The van der Waals surface area contributed by atoms with Crippen LogP contribution in [0.5, 0.6) is 0 Å². The summed E-state index contributed by atoms with van der Waals surface area (Å²) in [5.41, 5.74) is -2.00. The molecule has 0 atom stereocenters. The van der Waals surface area contributed by atoms with Gasteiger partial charge in [0.1, 0.15) is 0 Å². The van der Waals surface area contributed by atoms with Crippen molar-refractivity contribution in [3.63, 3.8) is 0 Å². The number of non-ortho nitro benzene ring substituents is 2. The molecular weight excluding hydrogens is 487 g/mol. The van der Waals surface area contributed by atoms with Gasteiger partial charge in [-0.15, -0.1) is 23.2 Å². The van der Waals surface area contributed by atoms with E-state index in [0.717, 1.165) is 30.3 Å². The number of nitro benzene ring substituents is 2. The molecule has 0 aliphatic heterocycles. The van der Waals surface area contributed by atoms with Gasteiger partial charge in [-0.3, -0.25) is 20.2 Å². The average molecular weight is 526 g/mol. The highest BCUT2D eigenvalue weighted by atomic mass is 35.5. The third kappa shape index (κ3) is 9.02. The summed E-state index contributed by atoms with van der Waals surface area (Å²) in [6.45, 7) is 4.48. The van der Waals surface area contributed by atoms with Gasteiger partial charge in [-0.2, -0.15) is 0 Å². The highest BCUT2D eigenvalue weighted by Gasteiger charge is 2.37. The Morgan fingerprint density at radius 2 is 1.30 bits per heavy atom. The van der Waals surface area contributed by atoms with Crippen LogP contribution in [0, 0.1) is 20.2 Å². The van der Waals surface area contributed by atoms with E-state index in [-0.39, 0.29) is 21.7 Å². The van der Waals surface area contributed by atoms with Gasteiger partial charge in [0.05, 0.1) is 28.4 Å². The fraction of sp³-hybridized carbons (Fsp3) is 0.455. The Morgan fingerprint density at radius 1 is 0.909 bits per heavy atom. The number of nitrogens with zero attached hydrogens (tertiary/aromatic N) is 2. The molecular formula is C22H30Cl2N2O6Si. The summed E-state index contributed by atoms with van der Waals surface area (Å²) in [5, 5.41) is 30.6. The number of benzene rings is 2. The lowest BCUT2D eigenvalue weighted by Crippen LogP contribution is -2.40. The third-order valence-corrected chi connectivity index (χ3v) is 9.50. The van der Waals surface area contributed by atoms with Crippen LogP contribution in [0.1, 0.15) is 54.0 Å². The predicted molar refractivity (Wildman–Crippen MR) is 133 cm³/mol. The lowest BCUT2D eigenvalue weighted by Gasteiger charge is -2.36. The molecule has 0 saturated heterocycles. The molecule has 0 radical (unpaired) electrons. The van der Waals surface area contributed by atoms with E-state index in [0.29, 0.717) is 0 Å². The van der Waals surface area contributed by atoms with Crippen molar-refractivity contribution in [2.75, 3.05) is 0 Å². The average Bonchev–Trinajstić information content (AvgIpc) is 2.75. The van der Waals surface area contributed by atoms with Gasteiger partial charge in [-0.1, -0.05) is 32.9 Å². The number of halogens is 2. The second-order valence-electron chi connectivity index (χ2n) is 8.32. The lowest BCUT2D eigenvalue weighted by atomic mass is 10.1. The van der Waals surface area contributed by atoms with E-state index in [9.17, 15) is 20.2 Å². The van der Waals surface area contributed by atoms with E-state index in [1.54, 1.807) is 0 Å². The molecule has 2 aromatic carbocycles. The van der Waals surface area contributed by atoms with Gasteiger partial charge < -0.3 is 9.53 Å². The lowest BCUT2D eigenvalue weighted by molar-refractivity contribution is -0.385. The monoisotopic (exact) mass is 524 g/mol. The Labute approximate surface area is 216 Å². The summed E-state index contributed by atoms with van der Waals surface area (Å²) in [4.78, 5) is 20.2. The van der Waals surface area contributed by atoms with Gasteiger partial charge in [-0.25, -0.2) is 0 Å². The number of rotatable bonds is 8. The minimum absolute atomic E-state index is 0.124. The number of alkyl halides is 2. The molecule has 0 fully saturated rings. The van der Waals surface area contributed by atoms with Crippen molar-refractivity contribution in [3.05, 3.63) is 78.9 Å². The molecule has 0 heterocycles. The van der Waals surface area contributed by atoms with E-state index in [1.165, 1.54) is 6.07 Å². The van der Waals surface area contributed by atoms with Gasteiger partial charge in [-0.05, 0) is 40.4 Å². The van der Waals surface area contributed by atoms with Crippen molar-refractivity contribution in [2.45, 2.75) is 63.7 Å². The molecule has 0 spiro atoms. The van der Waals surface area contributed by atoms with Gasteiger partial charge in [0.2, 0.25) is 0 Å². The zero-order chi connectivity index (χ0) is 32.6. The maximum atomic E-state index is 11.1. The molecule has 11 heteroatoms. The summed E-state index contributed by atoms with van der Waals surface area (Å²) >= 11 is 11.0. The minimum Gasteiger partial charge on any atom is -0.413 e. The number of hydrogen-bond donors (Lipinski definition) is 1. The molecule has 0 amide bonds. The smallest absolute Gasteiger partial charge is 0.270 e. The minimum atomic E-state index is -2.80. The molecule has 0 aliphatic rings. The molecule has 2 rings (SSSR count). The zero-order valence-electron chi connectivity index (χ0n) is 26.6. The van der Waals surface area contributed by atoms with Crippen molar-refractivity contribution >= 4 is 42.9 Å². The predicted octanol–water partition coefficient (Wildman–Crippen LogP) is 6.68. The van der Waals surface area contributed by atoms with Crippen LogP contribution < -0.4 is 0 Å². The first-order chi connectivity index (χ1) is 18.0. The van der Waals surface area contributed by atoms with Crippen LogP contribution in [0.3, 0.4) is 0 Å². The van der Waals surface area contributed by atoms with Crippen LogP contribution in [0.25, 0.3) is 0 Å². The molecule has 0 unspecified atom stereocenters. The maximum Gasteiger partial charge on any atom is 0.270 e. The van der Waals surface area contributed by atoms with Crippen LogP contribution in [-0.4, -0.2) is 23.3 Å². The fourth-order valence-corrected chi connectivity index (χ4v) is 2.90. The molecule has 33 heavy (non-hydrogen) atoms. The summed E-state index contributed by atoms with van der Waals surface area (Å²) < 4.78 is 65.8. The Kier molecular flexibility index (Phi) is 6.89. The normalized spacial score (nSPS) is 16.8. The van der Waals surface area contributed by atoms with Crippen molar-refractivity contribution in [1.82, 2.24) is 0 Å². The molecule has 182 valence electrons. The quantitative estimate of drug-likeness (QED) is 0.178. The van der Waals surface area contributed by atoms with E-state index in [1.807, 2.05) is 33.9 Å². The summed E-state index contributed by atoms with van der Waals surface area (Å²) in [7, 11) is -2.50. The first-order valence-electron chi connectivity index (χ1n) is 13.4. The van der Waals surface area contributed by atoms with Gasteiger partial charge >= 0.3 is 0 Å². The van der Waals surface area contributed by atoms with Gasteiger partial charge in [0.15, 0.2) is 8.32 Å². The van der Waals surface area contributed by atoms with Crippen LogP contribution in [0.4, 0.5) is 11.4 Å². The van der Waals surface area contributed by atoms with Crippen LogP contribution in [0.2, 0.25) is 18.1 Å². The molecule has 2 aromatic rings. The number of nitro groups is 2. The van der Waals surface area contributed by atoms with E-state index < -0.39 is 59.9 Å². The standard InChI is InChI=1S/C14H22ClNO3Si.C8H8ClNO3/c1-14(2,3)20(4,5)19-10-12-6-11(9-15)7-13(8-12)16(17)18;9-4-6-1-7(5-11)3-8(2-6)10(12)13/h6-8H,9-10H2,1-5H3;1-3,11H,4-5H2/i9D2,10D2;4D2,5D2. The SMILES string of the molecule is [2H]C([2H])(Cl)c1cc([N+](=O)[O-])cc(C([2H])([2H])O[Si](C)(C)C(C)(C)C)c1.[2H]C([2H])(O)c1cc([N+](=O)[O-])cc(C([2H])([2H])Cl)c1. The van der Waals surface area contributed by atoms with Crippen LogP contribution in [-0.2, 0) is 29.2 Å². The molecule has 0 aliphatic carbocycles. The van der Waals surface area contributed by atoms with E-state index >= 15 is 0 Å². The van der Waals surface area contributed by atoms with Crippen molar-refractivity contribution < 1.29 is 30.3 Å². The Morgan fingerprint density at radius 3 is 1.67 bits per heavy atom. The number of hydrogen-bond acceptors (Lipinski definition) is 6. The van der Waals surface area contributed by atoms with Crippen molar-refractivity contribution in [3.8, 4) is 0 Å². The van der Waals surface area contributed by atoms with Crippen molar-refractivity contribution in [1.29, 1.82) is 0 Å². The first kappa shape index (κ1) is 18.3. The summed E-state index contributed by atoms with van der Waals surface area (Å²) in [5.74, 6) is -4.74. The second kappa shape index (κ2) is 12.4. The van der Waals surface area contributed by atoms with E-state index in [4.69, 9.17) is 43.7 Å². The Hall–Kier alpha value is -2.04. The molecule has 0 bridgehead atoms. The highest BCUT2D eigenvalue weighted by Crippen LogP contribution is 2.37. The summed E-state index contributed by atoms with van der Waals surface area (Å²) in [6.07, 6.45) is 0. The molecule has 0 saturated carbocycles. The molecule has 0 aromatic heterocycles. The van der Waals surface area contributed by atoms with Crippen LogP contribution in [0.15, 0.2) is 36.4 Å².